The number of benzene rings is 1. The lowest BCUT2D eigenvalue weighted by Gasteiger charge is -2.26. The molecule has 1 heterocycles. The number of sulfonamides is 1. The molecule has 9 heteroatoms. The Kier molecular flexibility index (Phi) is 7.76. The van der Waals surface area contributed by atoms with Gasteiger partial charge in [0.1, 0.15) is 0 Å². The second-order valence-corrected chi connectivity index (χ2v) is 8.61. The van der Waals surface area contributed by atoms with Crippen molar-refractivity contribution in [1.82, 2.24) is 9.62 Å². The van der Waals surface area contributed by atoms with Crippen LogP contribution in [0.5, 0.6) is 0 Å². The summed E-state index contributed by atoms with van der Waals surface area (Å²) >= 11 is 0. The van der Waals surface area contributed by atoms with Crippen LogP contribution in [-0.2, 0) is 30.8 Å². The van der Waals surface area contributed by atoms with E-state index < -0.39 is 16.0 Å². The number of rotatable bonds is 9. The number of carboxylic acid groups (broad SMARTS) is 1. The number of aryl methyl sites for hydroxylation is 1. The van der Waals surface area contributed by atoms with Crippen molar-refractivity contribution in [3.05, 3.63) is 29.8 Å². The van der Waals surface area contributed by atoms with E-state index in [9.17, 15) is 18.0 Å². The van der Waals surface area contributed by atoms with E-state index in [4.69, 9.17) is 9.84 Å². The summed E-state index contributed by atoms with van der Waals surface area (Å²) in [5, 5.41) is 11.4. The molecule has 8 nitrogen and oxygen atoms in total. The molecule has 0 spiro atoms. The van der Waals surface area contributed by atoms with Gasteiger partial charge in [0.15, 0.2) is 0 Å². The molecule has 1 aromatic rings. The summed E-state index contributed by atoms with van der Waals surface area (Å²) in [4.78, 5) is 22.7. The minimum absolute atomic E-state index is 0.0133. The Morgan fingerprint density at radius 3 is 2.44 bits per heavy atom. The minimum Gasteiger partial charge on any atom is -0.481 e. The van der Waals surface area contributed by atoms with Gasteiger partial charge < -0.3 is 15.2 Å². The molecule has 1 aliphatic rings. The molecule has 0 bridgehead atoms. The van der Waals surface area contributed by atoms with Crippen LogP contribution in [0.1, 0.15) is 25.3 Å². The fraction of sp³-hybridized carbons (Fsp3) is 0.556. The number of carbonyl (C=O) groups excluding carboxylic acids is 1. The zero-order valence-electron chi connectivity index (χ0n) is 15.4. The van der Waals surface area contributed by atoms with E-state index >= 15 is 0 Å². The van der Waals surface area contributed by atoms with Crippen LogP contribution in [0, 0.1) is 5.92 Å². The molecule has 1 atom stereocenters. The van der Waals surface area contributed by atoms with Gasteiger partial charge in [-0.3, -0.25) is 9.59 Å². The molecule has 0 aromatic heterocycles. The largest absolute Gasteiger partial charge is 0.481 e. The molecule has 27 heavy (non-hydrogen) atoms. The second-order valence-electron chi connectivity index (χ2n) is 6.67. The van der Waals surface area contributed by atoms with Gasteiger partial charge in [-0.25, -0.2) is 8.42 Å². The molecule has 2 rings (SSSR count). The molecule has 1 fully saturated rings. The Labute approximate surface area is 159 Å². The zero-order chi connectivity index (χ0) is 19.9. The summed E-state index contributed by atoms with van der Waals surface area (Å²) < 4.78 is 31.7. The quantitative estimate of drug-likeness (QED) is 0.638. The Balaban J connectivity index is 1.83. The minimum atomic E-state index is -3.51. The maximum atomic E-state index is 12.6. The van der Waals surface area contributed by atoms with Gasteiger partial charge in [0.25, 0.3) is 0 Å². The highest BCUT2D eigenvalue weighted by Gasteiger charge is 2.26. The molecule has 2 N–H and O–H groups in total. The number of carboxylic acids is 1. The molecule has 1 amide bonds. The van der Waals surface area contributed by atoms with Crippen molar-refractivity contribution in [3.8, 4) is 0 Å². The summed E-state index contributed by atoms with van der Waals surface area (Å²) in [6, 6.07) is 6.56. The molecule has 0 aliphatic carbocycles. The number of hydrogen-bond donors (Lipinski definition) is 2. The molecule has 1 aromatic carbocycles. The number of ether oxygens (including phenoxy) is 1. The fourth-order valence-electron chi connectivity index (χ4n) is 2.77. The molecule has 150 valence electrons. The van der Waals surface area contributed by atoms with Crippen molar-refractivity contribution in [1.29, 1.82) is 0 Å². The third-order valence-corrected chi connectivity index (χ3v) is 6.26. The SMILES string of the molecule is CC(CNC(=O)CCc1ccc(S(=O)(=O)N2CCOCC2)cc1)CC(=O)O. The lowest BCUT2D eigenvalue weighted by Crippen LogP contribution is -2.40. The first-order valence-corrected chi connectivity index (χ1v) is 10.4. The third kappa shape index (κ3) is 6.60. The van der Waals surface area contributed by atoms with Gasteiger partial charge in [0.05, 0.1) is 18.1 Å². The zero-order valence-corrected chi connectivity index (χ0v) is 16.2. The van der Waals surface area contributed by atoms with Crippen LogP contribution in [-0.4, -0.2) is 62.6 Å². The van der Waals surface area contributed by atoms with Gasteiger partial charge >= 0.3 is 5.97 Å². The Morgan fingerprint density at radius 1 is 1.22 bits per heavy atom. The Morgan fingerprint density at radius 2 is 1.85 bits per heavy atom. The first-order chi connectivity index (χ1) is 12.8. The predicted molar refractivity (Wildman–Crippen MR) is 98.8 cm³/mol. The highest BCUT2D eigenvalue weighted by molar-refractivity contribution is 7.89. The van der Waals surface area contributed by atoms with E-state index in [1.54, 1.807) is 31.2 Å². The van der Waals surface area contributed by atoms with Gasteiger partial charge in [-0.1, -0.05) is 19.1 Å². The Hall–Kier alpha value is -1.97. The van der Waals surface area contributed by atoms with Gasteiger partial charge in [-0.15, -0.1) is 0 Å². The monoisotopic (exact) mass is 398 g/mol. The van der Waals surface area contributed by atoms with E-state index in [-0.39, 0.29) is 29.6 Å². The number of aliphatic carboxylic acids is 1. The molecule has 1 aliphatic heterocycles. The maximum absolute atomic E-state index is 12.6. The van der Waals surface area contributed by atoms with Crippen LogP contribution < -0.4 is 5.32 Å². The molecule has 0 saturated carbocycles. The summed E-state index contributed by atoms with van der Waals surface area (Å²) in [7, 11) is -3.51. The van der Waals surface area contributed by atoms with Gasteiger partial charge in [-0.05, 0) is 30.0 Å². The summed E-state index contributed by atoms with van der Waals surface area (Å²) in [6.45, 7) is 3.59. The van der Waals surface area contributed by atoms with Crippen molar-refractivity contribution in [3.63, 3.8) is 0 Å². The summed E-state index contributed by atoms with van der Waals surface area (Å²) in [5.74, 6) is -1.17. The van der Waals surface area contributed by atoms with Gasteiger partial charge in [0, 0.05) is 32.5 Å². The van der Waals surface area contributed by atoms with E-state index in [0.717, 1.165) is 5.56 Å². The van der Waals surface area contributed by atoms with E-state index in [2.05, 4.69) is 5.32 Å². The Bertz CT molecular complexity index is 742. The van der Waals surface area contributed by atoms with E-state index in [1.165, 1.54) is 4.31 Å². The van der Waals surface area contributed by atoms with Crippen LogP contribution in [0.4, 0.5) is 0 Å². The molecular formula is C18H26N2O6S. The lowest BCUT2D eigenvalue weighted by atomic mass is 10.1. The van der Waals surface area contributed by atoms with Crippen molar-refractivity contribution >= 4 is 21.9 Å². The van der Waals surface area contributed by atoms with Crippen molar-refractivity contribution < 1.29 is 27.9 Å². The summed E-state index contributed by atoms with van der Waals surface area (Å²) in [5.41, 5.74) is 0.865. The number of morpholine rings is 1. The highest BCUT2D eigenvalue weighted by Crippen LogP contribution is 2.18. The molecule has 1 unspecified atom stereocenters. The fourth-order valence-corrected chi connectivity index (χ4v) is 4.18. The lowest BCUT2D eigenvalue weighted by molar-refractivity contribution is -0.138. The summed E-state index contributed by atoms with van der Waals surface area (Å²) in [6.07, 6.45) is 0.756. The van der Waals surface area contributed by atoms with Gasteiger partial charge in [0.2, 0.25) is 15.9 Å². The number of carbonyl (C=O) groups is 2. The van der Waals surface area contributed by atoms with Crippen molar-refractivity contribution in [2.75, 3.05) is 32.8 Å². The number of hydrogen-bond acceptors (Lipinski definition) is 5. The first kappa shape index (κ1) is 21.3. The highest BCUT2D eigenvalue weighted by atomic mass is 32.2. The number of nitrogens with one attached hydrogen (secondary N) is 1. The normalized spacial score (nSPS) is 16.6. The predicted octanol–water partition coefficient (Wildman–Crippen LogP) is 0.867. The smallest absolute Gasteiger partial charge is 0.303 e. The average Bonchev–Trinajstić information content (AvgIpc) is 2.65. The van der Waals surface area contributed by atoms with Gasteiger partial charge in [-0.2, -0.15) is 4.31 Å². The van der Waals surface area contributed by atoms with Crippen LogP contribution in [0.25, 0.3) is 0 Å². The van der Waals surface area contributed by atoms with Crippen LogP contribution in [0.15, 0.2) is 29.2 Å². The maximum Gasteiger partial charge on any atom is 0.303 e. The topological polar surface area (TPSA) is 113 Å². The standard InChI is InChI=1S/C18H26N2O6S/c1-14(12-18(22)23)13-19-17(21)7-4-15-2-5-16(6-3-15)27(24,25)20-8-10-26-11-9-20/h2-3,5-6,14H,4,7-13H2,1H3,(H,19,21)(H,22,23). The molecule has 0 radical (unpaired) electrons. The van der Waals surface area contributed by atoms with Crippen LogP contribution in [0.3, 0.4) is 0 Å². The second kappa shape index (κ2) is 9.82. The van der Waals surface area contributed by atoms with E-state index in [0.29, 0.717) is 39.3 Å². The third-order valence-electron chi connectivity index (χ3n) is 4.34. The number of amides is 1. The average molecular weight is 398 g/mol. The van der Waals surface area contributed by atoms with Crippen LogP contribution in [0.2, 0.25) is 0 Å². The van der Waals surface area contributed by atoms with Crippen LogP contribution >= 0.6 is 0 Å². The van der Waals surface area contributed by atoms with E-state index in [1.807, 2.05) is 0 Å². The van der Waals surface area contributed by atoms with Crippen molar-refractivity contribution in [2.24, 2.45) is 5.92 Å². The molecule has 1 saturated heterocycles. The van der Waals surface area contributed by atoms with Crippen molar-refractivity contribution in [2.45, 2.75) is 31.1 Å². The number of nitrogens with zero attached hydrogens (tertiary/aromatic N) is 1. The first-order valence-electron chi connectivity index (χ1n) is 8.94. The molecular weight excluding hydrogens is 372 g/mol.